The van der Waals surface area contributed by atoms with Gasteiger partial charge in [-0.05, 0) is 36.4 Å². The number of aromatic nitrogens is 3. The topological polar surface area (TPSA) is 97.2 Å². The van der Waals surface area contributed by atoms with Crippen LogP contribution >= 0.6 is 23.4 Å². The zero-order valence-electron chi connectivity index (χ0n) is 16.3. The van der Waals surface area contributed by atoms with Crippen molar-refractivity contribution in [3.05, 3.63) is 65.4 Å². The van der Waals surface area contributed by atoms with Crippen molar-refractivity contribution in [1.29, 1.82) is 0 Å². The number of anilines is 2. The van der Waals surface area contributed by atoms with Crippen molar-refractivity contribution in [3.63, 3.8) is 0 Å². The predicted molar refractivity (Wildman–Crippen MR) is 119 cm³/mol. The fourth-order valence-electron chi connectivity index (χ4n) is 2.59. The standard InChI is InChI=1S/C19H20ClN5O3S2/c1-24-17(12-25(30(2,27)28)16-6-4-3-5-7-16)22-23-19(24)29-13-18(26)21-15-10-8-14(20)9-11-15/h3-11H,12-13H2,1-2H3,(H,21,26). The molecule has 0 aliphatic rings. The number of carbonyl (C=O) groups is 1. The molecule has 0 radical (unpaired) electrons. The highest BCUT2D eigenvalue weighted by molar-refractivity contribution is 7.99. The Kier molecular flexibility index (Phi) is 7.01. The van der Waals surface area contributed by atoms with Gasteiger partial charge in [0, 0.05) is 17.8 Å². The van der Waals surface area contributed by atoms with E-state index in [4.69, 9.17) is 11.6 Å². The quantitative estimate of drug-likeness (QED) is 0.513. The first-order valence-electron chi connectivity index (χ1n) is 8.83. The smallest absolute Gasteiger partial charge is 0.234 e. The van der Waals surface area contributed by atoms with Gasteiger partial charge in [0.1, 0.15) is 0 Å². The molecule has 0 unspecified atom stereocenters. The molecular formula is C19H20ClN5O3S2. The lowest BCUT2D eigenvalue weighted by Gasteiger charge is -2.21. The summed E-state index contributed by atoms with van der Waals surface area (Å²) < 4.78 is 27.5. The van der Waals surface area contributed by atoms with Crippen molar-refractivity contribution < 1.29 is 13.2 Å². The van der Waals surface area contributed by atoms with E-state index in [-0.39, 0.29) is 18.2 Å². The second-order valence-corrected chi connectivity index (χ2v) is 9.69. The molecule has 3 aromatic rings. The molecule has 1 N–H and O–H groups in total. The Labute approximate surface area is 184 Å². The lowest BCUT2D eigenvalue weighted by atomic mass is 10.3. The summed E-state index contributed by atoms with van der Waals surface area (Å²) in [4.78, 5) is 12.2. The lowest BCUT2D eigenvalue weighted by Crippen LogP contribution is -2.30. The SMILES string of the molecule is Cn1c(CN(c2ccccc2)S(C)(=O)=O)nnc1SCC(=O)Nc1ccc(Cl)cc1. The highest BCUT2D eigenvalue weighted by Gasteiger charge is 2.21. The van der Waals surface area contributed by atoms with Crippen LogP contribution in [0.5, 0.6) is 0 Å². The summed E-state index contributed by atoms with van der Waals surface area (Å²) in [6.07, 6.45) is 1.15. The van der Waals surface area contributed by atoms with Crippen LogP contribution < -0.4 is 9.62 Å². The van der Waals surface area contributed by atoms with E-state index in [9.17, 15) is 13.2 Å². The molecule has 0 fully saturated rings. The van der Waals surface area contributed by atoms with E-state index in [2.05, 4.69) is 15.5 Å². The van der Waals surface area contributed by atoms with Gasteiger partial charge in [0.25, 0.3) is 0 Å². The Morgan fingerprint density at radius 3 is 2.43 bits per heavy atom. The fraction of sp³-hybridized carbons (Fsp3) is 0.211. The number of carbonyl (C=O) groups excluding carboxylic acids is 1. The number of benzene rings is 2. The number of nitrogens with zero attached hydrogens (tertiary/aromatic N) is 4. The molecule has 1 aromatic heterocycles. The highest BCUT2D eigenvalue weighted by atomic mass is 35.5. The van der Waals surface area contributed by atoms with Crippen LogP contribution in [0.4, 0.5) is 11.4 Å². The van der Waals surface area contributed by atoms with Crippen LogP contribution in [0.2, 0.25) is 5.02 Å². The van der Waals surface area contributed by atoms with Crippen LogP contribution in [0, 0.1) is 0 Å². The monoisotopic (exact) mass is 465 g/mol. The Hall–Kier alpha value is -2.56. The number of halogens is 1. The molecule has 8 nitrogen and oxygen atoms in total. The first-order chi connectivity index (χ1) is 14.2. The molecular weight excluding hydrogens is 446 g/mol. The molecule has 1 heterocycles. The van der Waals surface area contributed by atoms with Crippen molar-refractivity contribution in [2.45, 2.75) is 11.7 Å². The van der Waals surface area contributed by atoms with Crippen LogP contribution in [0.3, 0.4) is 0 Å². The first-order valence-corrected chi connectivity index (χ1v) is 12.0. The number of rotatable bonds is 8. The summed E-state index contributed by atoms with van der Waals surface area (Å²) in [5.74, 6) is 0.391. The van der Waals surface area contributed by atoms with Crippen molar-refractivity contribution in [2.75, 3.05) is 21.6 Å². The molecule has 158 valence electrons. The average molecular weight is 466 g/mol. The Bertz CT molecular complexity index is 1120. The minimum absolute atomic E-state index is 0.0316. The van der Waals surface area contributed by atoms with Crippen molar-refractivity contribution in [1.82, 2.24) is 14.8 Å². The number of hydrogen-bond donors (Lipinski definition) is 1. The summed E-state index contributed by atoms with van der Waals surface area (Å²) >= 11 is 7.05. The minimum atomic E-state index is -3.52. The average Bonchev–Trinajstić information content (AvgIpc) is 3.05. The fourth-order valence-corrected chi connectivity index (χ4v) is 4.30. The van der Waals surface area contributed by atoms with Crippen LogP contribution in [0.1, 0.15) is 5.82 Å². The third kappa shape index (κ3) is 5.74. The maximum atomic E-state index is 12.3. The highest BCUT2D eigenvalue weighted by Crippen LogP contribution is 2.22. The molecule has 11 heteroatoms. The van der Waals surface area contributed by atoms with Gasteiger partial charge in [0.15, 0.2) is 11.0 Å². The van der Waals surface area contributed by atoms with Crippen molar-refractivity contribution in [3.8, 4) is 0 Å². The maximum absolute atomic E-state index is 12.3. The molecule has 0 saturated heterocycles. The number of amides is 1. The molecule has 0 atom stereocenters. The van der Waals surface area contributed by atoms with Gasteiger partial charge in [0.05, 0.1) is 24.2 Å². The van der Waals surface area contributed by atoms with Crippen LogP contribution in [0.15, 0.2) is 59.8 Å². The first kappa shape index (κ1) is 22.1. The summed E-state index contributed by atoms with van der Waals surface area (Å²) in [5, 5.41) is 12.1. The molecule has 1 amide bonds. The normalized spacial score (nSPS) is 11.3. The maximum Gasteiger partial charge on any atom is 0.234 e. The summed E-state index contributed by atoms with van der Waals surface area (Å²) in [5.41, 5.74) is 1.19. The van der Waals surface area contributed by atoms with Crippen LogP contribution in [0.25, 0.3) is 0 Å². The predicted octanol–water partition coefficient (Wildman–Crippen LogP) is 3.17. The number of hydrogen-bond acceptors (Lipinski definition) is 6. The minimum Gasteiger partial charge on any atom is -0.325 e. The molecule has 2 aromatic carbocycles. The van der Waals surface area contributed by atoms with Gasteiger partial charge in [-0.3, -0.25) is 9.10 Å². The summed E-state index contributed by atoms with van der Waals surface area (Å²) in [6.45, 7) is 0.0316. The Morgan fingerprint density at radius 2 is 1.80 bits per heavy atom. The van der Waals surface area contributed by atoms with E-state index >= 15 is 0 Å². The molecule has 3 rings (SSSR count). The van der Waals surface area contributed by atoms with E-state index in [1.165, 1.54) is 16.1 Å². The van der Waals surface area contributed by atoms with Gasteiger partial charge in [0.2, 0.25) is 15.9 Å². The van der Waals surface area contributed by atoms with Gasteiger partial charge >= 0.3 is 0 Å². The van der Waals surface area contributed by atoms with Crippen molar-refractivity contribution >= 4 is 50.7 Å². The number of thioether (sulfide) groups is 1. The third-order valence-corrected chi connectivity index (χ3v) is 6.53. The number of nitrogens with one attached hydrogen (secondary N) is 1. The Morgan fingerprint density at radius 1 is 1.13 bits per heavy atom. The van der Waals surface area contributed by atoms with Crippen molar-refractivity contribution in [2.24, 2.45) is 7.05 Å². The largest absolute Gasteiger partial charge is 0.325 e. The van der Waals surface area contributed by atoms with E-state index < -0.39 is 10.0 Å². The molecule has 0 aliphatic heterocycles. The van der Waals surface area contributed by atoms with Gasteiger partial charge in [-0.2, -0.15) is 0 Å². The summed E-state index contributed by atoms with van der Waals surface area (Å²) in [6, 6.07) is 15.6. The van der Waals surface area contributed by atoms with E-state index in [1.807, 2.05) is 6.07 Å². The zero-order valence-corrected chi connectivity index (χ0v) is 18.7. The van der Waals surface area contributed by atoms with E-state index in [0.717, 1.165) is 6.26 Å². The zero-order chi connectivity index (χ0) is 21.7. The molecule has 0 bridgehead atoms. The molecule has 0 saturated carbocycles. The van der Waals surface area contributed by atoms with Gasteiger partial charge in [-0.1, -0.05) is 41.6 Å². The summed E-state index contributed by atoms with van der Waals surface area (Å²) in [7, 11) is -1.78. The van der Waals surface area contributed by atoms with E-state index in [1.54, 1.807) is 60.1 Å². The van der Waals surface area contributed by atoms with Gasteiger partial charge in [-0.25, -0.2) is 8.42 Å². The van der Waals surface area contributed by atoms with E-state index in [0.29, 0.717) is 27.4 Å². The second kappa shape index (κ2) is 9.50. The third-order valence-electron chi connectivity index (χ3n) is 4.11. The number of para-hydroxylation sites is 1. The Balaban J connectivity index is 1.66. The molecule has 30 heavy (non-hydrogen) atoms. The second-order valence-electron chi connectivity index (χ2n) is 6.41. The lowest BCUT2D eigenvalue weighted by molar-refractivity contribution is -0.113. The molecule has 0 aliphatic carbocycles. The molecule has 0 spiro atoms. The van der Waals surface area contributed by atoms with Crippen LogP contribution in [-0.2, 0) is 28.4 Å². The number of sulfonamides is 1. The van der Waals surface area contributed by atoms with Crippen LogP contribution in [-0.4, -0.2) is 41.1 Å². The van der Waals surface area contributed by atoms with Gasteiger partial charge in [-0.15, -0.1) is 10.2 Å². The van der Waals surface area contributed by atoms with Gasteiger partial charge < -0.3 is 9.88 Å².